The van der Waals surface area contributed by atoms with Crippen molar-refractivity contribution in [3.8, 4) is 0 Å². The van der Waals surface area contributed by atoms with E-state index in [2.05, 4.69) is 22.8 Å². The second-order valence-electron chi connectivity index (χ2n) is 7.33. The summed E-state index contributed by atoms with van der Waals surface area (Å²) < 4.78 is 0. The van der Waals surface area contributed by atoms with Crippen molar-refractivity contribution in [2.75, 3.05) is 18.4 Å². The molecule has 0 saturated carbocycles. The van der Waals surface area contributed by atoms with E-state index in [-0.39, 0.29) is 35.5 Å². The van der Waals surface area contributed by atoms with Crippen LogP contribution in [0.25, 0.3) is 0 Å². The zero-order chi connectivity index (χ0) is 18.8. The molecule has 7 heteroatoms. The van der Waals surface area contributed by atoms with Gasteiger partial charge in [0.15, 0.2) is 5.78 Å². The first-order chi connectivity index (χ1) is 13.1. The topological polar surface area (TPSA) is 89.7 Å². The van der Waals surface area contributed by atoms with E-state index in [0.29, 0.717) is 30.1 Å². The van der Waals surface area contributed by atoms with E-state index in [0.717, 1.165) is 42.5 Å². The molecule has 0 spiro atoms. The molecule has 2 aliphatic rings. The molecule has 1 amide bonds. The zero-order valence-corrected chi connectivity index (χ0v) is 17.7. The second kappa shape index (κ2) is 10.2. The molecule has 156 valence electrons. The van der Waals surface area contributed by atoms with E-state index >= 15 is 0 Å². The maximum absolute atomic E-state index is 13.1. The molecule has 0 fully saturated rings. The van der Waals surface area contributed by atoms with Crippen molar-refractivity contribution in [3.63, 3.8) is 0 Å². The highest BCUT2D eigenvalue weighted by atomic mass is 35.5. The fourth-order valence-electron chi connectivity index (χ4n) is 4.10. The highest BCUT2D eigenvalue weighted by molar-refractivity contribution is 6.34. The molecule has 1 heterocycles. The lowest BCUT2D eigenvalue weighted by molar-refractivity contribution is -0.116. The van der Waals surface area contributed by atoms with E-state index < -0.39 is 0 Å². The zero-order valence-electron chi connectivity index (χ0n) is 16.1. The Morgan fingerprint density at radius 1 is 1.10 bits per heavy atom. The van der Waals surface area contributed by atoms with Crippen LogP contribution in [0.5, 0.6) is 0 Å². The Kier molecular flexibility index (Phi) is 8.23. The minimum absolute atomic E-state index is 0. The molecule has 29 heavy (non-hydrogen) atoms. The molecular weight excluding hydrogens is 411 g/mol. The molecular formula is C22H26Cl2N2O3. The number of fused-ring (bicyclic) bond motifs is 3. The normalized spacial score (nSPS) is 17.3. The van der Waals surface area contributed by atoms with Crippen molar-refractivity contribution in [1.82, 2.24) is 5.32 Å². The Morgan fingerprint density at radius 2 is 1.86 bits per heavy atom. The van der Waals surface area contributed by atoms with Crippen LogP contribution in [0.3, 0.4) is 0 Å². The average Bonchev–Trinajstić information content (AvgIpc) is 2.68. The summed E-state index contributed by atoms with van der Waals surface area (Å²) in [4.78, 5) is 24.9. The van der Waals surface area contributed by atoms with Gasteiger partial charge in [-0.15, -0.1) is 12.4 Å². The summed E-state index contributed by atoms with van der Waals surface area (Å²) in [6, 6.07) is 12.2. The van der Waals surface area contributed by atoms with Crippen LogP contribution in [0.2, 0.25) is 5.02 Å². The highest BCUT2D eigenvalue weighted by Gasteiger charge is 2.33. The maximum atomic E-state index is 13.1. The number of carbonyl (C=O) groups is 2. The summed E-state index contributed by atoms with van der Waals surface area (Å²) in [5.41, 5.74) is 4.69. The van der Waals surface area contributed by atoms with Crippen LogP contribution in [-0.2, 0) is 24.1 Å². The first-order valence-corrected chi connectivity index (χ1v) is 9.94. The molecule has 1 atom stereocenters. The van der Waals surface area contributed by atoms with Crippen molar-refractivity contribution in [2.45, 2.75) is 32.1 Å². The van der Waals surface area contributed by atoms with Crippen molar-refractivity contribution >= 4 is 41.4 Å². The number of benzene rings is 2. The average molecular weight is 437 g/mol. The Morgan fingerprint density at radius 3 is 2.62 bits per heavy atom. The summed E-state index contributed by atoms with van der Waals surface area (Å²) in [7, 11) is 0. The molecule has 4 rings (SSSR count). The summed E-state index contributed by atoms with van der Waals surface area (Å²) in [5, 5.41) is 6.84. The molecule has 1 aliphatic carbocycles. The predicted molar refractivity (Wildman–Crippen MR) is 118 cm³/mol. The van der Waals surface area contributed by atoms with Gasteiger partial charge in [-0.25, -0.2) is 0 Å². The van der Waals surface area contributed by atoms with E-state index in [1.165, 1.54) is 5.56 Å². The standard InChI is InChI=1S/C22H23ClN2O2.ClH.H2O/c23-18-12-15-6-7-16(13-24-11-10-14-4-2-1-3-5-14)22(27)20(15)17-8-9-19(26)25-21(17)18;;/h1-5,12,16,24H,6-11,13H2,(H,25,26);1H;1H2. The van der Waals surface area contributed by atoms with Crippen LogP contribution in [0.4, 0.5) is 5.69 Å². The van der Waals surface area contributed by atoms with Crippen LogP contribution in [0.15, 0.2) is 36.4 Å². The number of hydrogen-bond acceptors (Lipinski definition) is 3. The SMILES string of the molecule is Cl.O.O=C1CCc2c(c(Cl)cc3c2C(=O)C(CNCCc2ccccc2)CC3)N1. The van der Waals surface area contributed by atoms with Gasteiger partial charge in [0.05, 0.1) is 10.7 Å². The van der Waals surface area contributed by atoms with Crippen LogP contribution in [0.1, 0.15) is 39.9 Å². The number of hydrogen-bond donors (Lipinski definition) is 2. The Bertz CT molecular complexity index is 887. The van der Waals surface area contributed by atoms with Gasteiger partial charge in [-0.1, -0.05) is 41.9 Å². The Hall–Kier alpha value is -1.92. The van der Waals surface area contributed by atoms with Crippen LogP contribution in [0, 0.1) is 5.92 Å². The van der Waals surface area contributed by atoms with Gasteiger partial charge in [0.1, 0.15) is 0 Å². The van der Waals surface area contributed by atoms with Gasteiger partial charge in [-0.2, -0.15) is 0 Å². The molecule has 0 bridgehead atoms. The summed E-state index contributed by atoms with van der Waals surface area (Å²) >= 11 is 6.35. The van der Waals surface area contributed by atoms with Crippen LogP contribution >= 0.6 is 24.0 Å². The fourth-order valence-corrected chi connectivity index (χ4v) is 4.40. The first-order valence-electron chi connectivity index (χ1n) is 9.56. The van der Waals surface area contributed by atoms with Gasteiger partial charge in [-0.3, -0.25) is 9.59 Å². The van der Waals surface area contributed by atoms with Crippen LogP contribution in [-0.4, -0.2) is 30.3 Å². The summed E-state index contributed by atoms with van der Waals surface area (Å²) in [6.45, 7) is 1.55. The van der Waals surface area contributed by atoms with Crippen LogP contribution < -0.4 is 10.6 Å². The van der Waals surface area contributed by atoms with E-state index in [1.807, 2.05) is 24.3 Å². The number of halogens is 2. The minimum atomic E-state index is -0.0354. The van der Waals surface area contributed by atoms with Gasteiger partial charge in [0, 0.05) is 24.4 Å². The molecule has 0 aromatic heterocycles. The van der Waals surface area contributed by atoms with E-state index in [9.17, 15) is 9.59 Å². The molecule has 0 saturated heterocycles. The van der Waals surface area contributed by atoms with Crippen molar-refractivity contribution < 1.29 is 15.1 Å². The minimum Gasteiger partial charge on any atom is -0.412 e. The quantitative estimate of drug-likeness (QED) is 0.703. The number of nitrogens with one attached hydrogen (secondary N) is 2. The number of aryl methyl sites for hydroxylation is 1. The van der Waals surface area contributed by atoms with Gasteiger partial charge in [-0.05, 0) is 55.0 Å². The number of ketones is 1. The Labute approximate surface area is 181 Å². The third-order valence-electron chi connectivity index (χ3n) is 5.53. The van der Waals surface area contributed by atoms with Crippen molar-refractivity contribution in [1.29, 1.82) is 0 Å². The largest absolute Gasteiger partial charge is 0.412 e. The number of Topliss-reactive ketones (excluding diaryl/α,β-unsaturated/α-hetero) is 1. The maximum Gasteiger partial charge on any atom is 0.224 e. The predicted octanol–water partition coefficient (Wildman–Crippen LogP) is 3.40. The molecule has 1 aliphatic heterocycles. The smallest absolute Gasteiger partial charge is 0.224 e. The lowest BCUT2D eigenvalue weighted by atomic mass is 9.78. The molecule has 2 aromatic carbocycles. The molecule has 2 aromatic rings. The molecule has 0 radical (unpaired) electrons. The number of rotatable bonds is 5. The van der Waals surface area contributed by atoms with Crippen molar-refractivity contribution in [2.24, 2.45) is 5.92 Å². The third-order valence-corrected chi connectivity index (χ3v) is 5.83. The second-order valence-corrected chi connectivity index (χ2v) is 7.74. The fraction of sp³-hybridized carbons (Fsp3) is 0.364. The van der Waals surface area contributed by atoms with Gasteiger partial charge in [0.2, 0.25) is 5.91 Å². The van der Waals surface area contributed by atoms with E-state index in [4.69, 9.17) is 11.6 Å². The first kappa shape index (κ1) is 23.4. The number of carbonyl (C=O) groups excluding carboxylic acids is 2. The highest BCUT2D eigenvalue weighted by Crippen LogP contribution is 2.39. The Balaban J connectivity index is 0.00000150. The number of amides is 1. The molecule has 5 nitrogen and oxygen atoms in total. The number of anilines is 1. The molecule has 4 N–H and O–H groups in total. The van der Waals surface area contributed by atoms with Gasteiger partial charge < -0.3 is 16.1 Å². The van der Waals surface area contributed by atoms with E-state index in [1.54, 1.807) is 0 Å². The molecule has 1 unspecified atom stereocenters. The van der Waals surface area contributed by atoms with Gasteiger partial charge >= 0.3 is 0 Å². The monoisotopic (exact) mass is 436 g/mol. The van der Waals surface area contributed by atoms with Gasteiger partial charge in [0.25, 0.3) is 0 Å². The third kappa shape index (κ3) is 4.98. The lowest BCUT2D eigenvalue weighted by Gasteiger charge is -2.29. The summed E-state index contributed by atoms with van der Waals surface area (Å²) in [5.74, 6) is 0.135. The lowest BCUT2D eigenvalue weighted by Crippen LogP contribution is -2.35. The summed E-state index contributed by atoms with van der Waals surface area (Å²) in [6.07, 6.45) is 3.64. The van der Waals surface area contributed by atoms with Crippen molar-refractivity contribution in [3.05, 3.63) is 63.7 Å².